The van der Waals surface area contributed by atoms with Gasteiger partial charge >= 0.3 is 5.97 Å². The summed E-state index contributed by atoms with van der Waals surface area (Å²) in [5.74, 6) is -0.516. The predicted molar refractivity (Wildman–Crippen MR) is 30.4 cm³/mol. The van der Waals surface area contributed by atoms with E-state index < -0.39 is 12.3 Å². The van der Waals surface area contributed by atoms with Gasteiger partial charge in [0.15, 0.2) is 0 Å². The smallest absolute Gasteiger partial charge is 0.340 e. The summed E-state index contributed by atoms with van der Waals surface area (Å²) in [6.07, 6.45) is 1.57. The molecule has 3 nitrogen and oxygen atoms in total. The molecule has 3 heteroatoms. The molecule has 1 rings (SSSR count). The first-order chi connectivity index (χ1) is 4.24. The van der Waals surface area contributed by atoms with Crippen LogP contribution in [0.25, 0.3) is 0 Å². The minimum absolute atomic E-state index is 0.322. The van der Waals surface area contributed by atoms with Crippen molar-refractivity contribution in [1.29, 1.82) is 0 Å². The third kappa shape index (κ3) is 1.000. The van der Waals surface area contributed by atoms with Gasteiger partial charge in [-0.15, -0.1) is 0 Å². The van der Waals surface area contributed by atoms with Crippen molar-refractivity contribution in [2.45, 2.75) is 6.29 Å². The summed E-state index contributed by atoms with van der Waals surface area (Å²) in [7, 11) is 0. The predicted octanol–water partition coefficient (Wildman–Crippen LogP) is -0.0260. The summed E-state index contributed by atoms with van der Waals surface area (Å²) in [6, 6.07) is 0. The second kappa shape index (κ2) is 2.03. The van der Waals surface area contributed by atoms with Gasteiger partial charge in [0.25, 0.3) is 0 Å². The SMILES string of the molecule is C=CC1=C[C@@H](O)OC1=O. The summed E-state index contributed by atoms with van der Waals surface area (Å²) in [5.41, 5.74) is 0.322. The number of aliphatic hydroxyl groups is 1. The molecule has 1 aliphatic heterocycles. The van der Waals surface area contributed by atoms with Crippen molar-refractivity contribution < 1.29 is 14.6 Å². The molecule has 0 unspecified atom stereocenters. The maximum atomic E-state index is 10.5. The van der Waals surface area contributed by atoms with Gasteiger partial charge in [0.05, 0.1) is 5.57 Å². The van der Waals surface area contributed by atoms with E-state index in [0.29, 0.717) is 5.57 Å². The summed E-state index contributed by atoms with van der Waals surface area (Å²) in [5, 5.41) is 8.63. The lowest BCUT2D eigenvalue weighted by Gasteiger charge is -1.95. The number of carbonyl (C=O) groups is 1. The highest BCUT2D eigenvalue weighted by molar-refractivity contribution is 5.93. The largest absolute Gasteiger partial charge is 0.429 e. The first-order valence-corrected chi connectivity index (χ1v) is 2.47. The Kier molecular flexibility index (Phi) is 1.36. The molecule has 1 aliphatic rings. The van der Waals surface area contributed by atoms with E-state index in [9.17, 15) is 4.79 Å². The maximum Gasteiger partial charge on any atom is 0.340 e. The average Bonchev–Trinajstić information content (AvgIpc) is 2.10. The lowest BCUT2D eigenvalue weighted by molar-refractivity contribution is -0.150. The van der Waals surface area contributed by atoms with E-state index in [0.717, 1.165) is 0 Å². The summed E-state index contributed by atoms with van der Waals surface area (Å²) in [6.45, 7) is 3.35. The highest BCUT2D eigenvalue weighted by atomic mass is 16.6. The molecule has 0 fully saturated rings. The van der Waals surface area contributed by atoms with Crippen LogP contribution in [0.15, 0.2) is 24.3 Å². The van der Waals surface area contributed by atoms with E-state index in [1.165, 1.54) is 12.2 Å². The highest BCUT2D eigenvalue weighted by Crippen LogP contribution is 2.11. The molecule has 0 aromatic carbocycles. The average molecular weight is 126 g/mol. The van der Waals surface area contributed by atoms with Crippen LogP contribution in [-0.4, -0.2) is 17.4 Å². The van der Waals surface area contributed by atoms with Crippen LogP contribution in [0.4, 0.5) is 0 Å². The van der Waals surface area contributed by atoms with Gasteiger partial charge in [0.2, 0.25) is 6.29 Å². The Labute approximate surface area is 52.2 Å². The number of esters is 1. The van der Waals surface area contributed by atoms with Crippen LogP contribution >= 0.6 is 0 Å². The van der Waals surface area contributed by atoms with E-state index in [1.807, 2.05) is 0 Å². The van der Waals surface area contributed by atoms with Crippen LogP contribution in [0, 0.1) is 0 Å². The molecular formula is C6H6O3. The van der Waals surface area contributed by atoms with Crippen LogP contribution in [-0.2, 0) is 9.53 Å². The third-order valence-corrected chi connectivity index (χ3v) is 1.01. The minimum Gasteiger partial charge on any atom is -0.429 e. The topological polar surface area (TPSA) is 46.5 Å². The molecule has 0 aromatic heterocycles. The van der Waals surface area contributed by atoms with E-state index in [1.54, 1.807) is 0 Å². The number of aliphatic hydroxyl groups excluding tert-OH is 1. The maximum absolute atomic E-state index is 10.5. The fourth-order valence-corrected chi connectivity index (χ4v) is 0.585. The van der Waals surface area contributed by atoms with Crippen molar-refractivity contribution in [2.24, 2.45) is 0 Å². The van der Waals surface area contributed by atoms with Gasteiger partial charge in [-0.1, -0.05) is 12.7 Å². The zero-order chi connectivity index (χ0) is 6.85. The molecule has 0 amide bonds. The zero-order valence-electron chi connectivity index (χ0n) is 4.70. The van der Waals surface area contributed by atoms with Crippen molar-refractivity contribution in [3.63, 3.8) is 0 Å². The van der Waals surface area contributed by atoms with Gasteiger partial charge in [-0.05, 0) is 6.08 Å². The Morgan fingerprint density at radius 2 is 2.56 bits per heavy atom. The van der Waals surface area contributed by atoms with Crippen molar-refractivity contribution in [3.8, 4) is 0 Å². The Bertz CT molecular complexity index is 181. The third-order valence-electron chi connectivity index (χ3n) is 1.01. The van der Waals surface area contributed by atoms with Crippen LogP contribution < -0.4 is 0 Å². The second-order valence-electron chi connectivity index (χ2n) is 1.62. The molecule has 1 heterocycles. The highest BCUT2D eigenvalue weighted by Gasteiger charge is 2.20. The van der Waals surface area contributed by atoms with Crippen molar-refractivity contribution >= 4 is 5.97 Å². The van der Waals surface area contributed by atoms with Crippen LogP contribution in [0.1, 0.15) is 0 Å². The number of ether oxygens (including phenoxy) is 1. The molecule has 1 atom stereocenters. The first kappa shape index (κ1) is 6.04. The number of rotatable bonds is 1. The van der Waals surface area contributed by atoms with Gasteiger partial charge in [-0.2, -0.15) is 0 Å². The van der Waals surface area contributed by atoms with Crippen molar-refractivity contribution in [2.75, 3.05) is 0 Å². The Balaban J connectivity index is 2.80. The minimum atomic E-state index is -1.08. The quantitative estimate of drug-likeness (QED) is 0.502. The Morgan fingerprint density at radius 3 is 2.78 bits per heavy atom. The monoisotopic (exact) mass is 126 g/mol. The summed E-state index contributed by atoms with van der Waals surface area (Å²) < 4.78 is 4.32. The lowest BCUT2D eigenvalue weighted by Crippen LogP contribution is -2.05. The number of hydrogen-bond donors (Lipinski definition) is 1. The molecule has 0 saturated carbocycles. The molecule has 0 saturated heterocycles. The van der Waals surface area contributed by atoms with Crippen LogP contribution in [0.3, 0.4) is 0 Å². The van der Waals surface area contributed by atoms with Gasteiger partial charge in [-0.3, -0.25) is 0 Å². The Hall–Kier alpha value is -1.09. The molecule has 0 spiro atoms. The molecule has 0 bridgehead atoms. The van der Waals surface area contributed by atoms with E-state index >= 15 is 0 Å². The summed E-state index contributed by atoms with van der Waals surface area (Å²) >= 11 is 0. The second-order valence-corrected chi connectivity index (χ2v) is 1.62. The normalized spacial score (nSPS) is 25.2. The molecule has 1 N–H and O–H groups in total. The van der Waals surface area contributed by atoms with Crippen LogP contribution in [0.5, 0.6) is 0 Å². The molecule has 0 aliphatic carbocycles. The van der Waals surface area contributed by atoms with Gasteiger partial charge in [0.1, 0.15) is 0 Å². The number of hydrogen-bond acceptors (Lipinski definition) is 3. The fraction of sp³-hybridized carbons (Fsp3) is 0.167. The standard InChI is InChI=1S/C6H6O3/c1-2-4-3-5(7)9-6(4)8/h2-3,5,7H,1H2/t5-/m0/s1. The number of cyclic esters (lactones) is 1. The summed E-state index contributed by atoms with van der Waals surface area (Å²) in [4.78, 5) is 10.5. The van der Waals surface area contributed by atoms with Crippen molar-refractivity contribution in [1.82, 2.24) is 0 Å². The molecular weight excluding hydrogens is 120 g/mol. The zero-order valence-corrected chi connectivity index (χ0v) is 4.70. The first-order valence-electron chi connectivity index (χ1n) is 2.47. The molecule has 0 aromatic rings. The van der Waals surface area contributed by atoms with Gasteiger partial charge in [-0.25, -0.2) is 4.79 Å². The van der Waals surface area contributed by atoms with Crippen molar-refractivity contribution in [3.05, 3.63) is 24.3 Å². The van der Waals surface area contributed by atoms with Gasteiger partial charge in [0, 0.05) is 0 Å². The molecule has 48 valence electrons. The van der Waals surface area contributed by atoms with E-state index in [2.05, 4.69) is 11.3 Å². The van der Waals surface area contributed by atoms with E-state index in [-0.39, 0.29) is 0 Å². The molecule has 0 radical (unpaired) electrons. The number of carbonyl (C=O) groups excluding carboxylic acids is 1. The van der Waals surface area contributed by atoms with Gasteiger partial charge < -0.3 is 9.84 Å². The Morgan fingerprint density at radius 1 is 1.89 bits per heavy atom. The van der Waals surface area contributed by atoms with E-state index in [4.69, 9.17) is 5.11 Å². The lowest BCUT2D eigenvalue weighted by atomic mass is 10.3. The fourth-order valence-electron chi connectivity index (χ4n) is 0.585. The molecule has 9 heavy (non-hydrogen) atoms. The van der Waals surface area contributed by atoms with Crippen LogP contribution in [0.2, 0.25) is 0 Å².